The molecule has 0 aromatic heterocycles. The standard InChI is InChI=1S/C12H12N2O4/c1-2-3-4-7-13-11-8-9(14(17)18)5-6-10(11)12(15)16/h1,5-6,8,13H,3-4,7H2,(H,15,16). The first-order valence-electron chi connectivity index (χ1n) is 5.25. The third-order valence-corrected chi connectivity index (χ3v) is 2.26. The lowest BCUT2D eigenvalue weighted by Crippen LogP contribution is -2.08. The van der Waals surface area contributed by atoms with Crippen molar-refractivity contribution in [2.45, 2.75) is 12.8 Å². The monoisotopic (exact) mass is 248 g/mol. The van der Waals surface area contributed by atoms with Crippen LogP contribution < -0.4 is 5.32 Å². The highest BCUT2D eigenvalue weighted by Crippen LogP contribution is 2.22. The number of terminal acetylenes is 1. The summed E-state index contributed by atoms with van der Waals surface area (Å²) in [5.41, 5.74) is 0.0782. The lowest BCUT2D eigenvalue weighted by Gasteiger charge is -2.08. The van der Waals surface area contributed by atoms with Gasteiger partial charge in [-0.05, 0) is 12.5 Å². The summed E-state index contributed by atoms with van der Waals surface area (Å²) in [5, 5.41) is 22.4. The highest BCUT2D eigenvalue weighted by Gasteiger charge is 2.14. The molecular weight excluding hydrogens is 236 g/mol. The highest BCUT2D eigenvalue weighted by molar-refractivity contribution is 5.94. The van der Waals surface area contributed by atoms with Crippen molar-refractivity contribution in [3.8, 4) is 12.3 Å². The van der Waals surface area contributed by atoms with E-state index in [9.17, 15) is 14.9 Å². The van der Waals surface area contributed by atoms with Gasteiger partial charge in [-0.3, -0.25) is 10.1 Å². The summed E-state index contributed by atoms with van der Waals surface area (Å²) in [7, 11) is 0. The maximum absolute atomic E-state index is 10.9. The van der Waals surface area contributed by atoms with Gasteiger partial charge in [-0.15, -0.1) is 12.3 Å². The van der Waals surface area contributed by atoms with E-state index in [1.807, 2.05) is 0 Å². The summed E-state index contributed by atoms with van der Waals surface area (Å²) in [5.74, 6) is 1.32. The number of rotatable bonds is 6. The summed E-state index contributed by atoms with van der Waals surface area (Å²) in [6.45, 7) is 0.464. The molecule has 1 aromatic carbocycles. The molecule has 0 amide bonds. The van der Waals surface area contributed by atoms with E-state index in [2.05, 4.69) is 11.2 Å². The van der Waals surface area contributed by atoms with Crippen LogP contribution in [-0.4, -0.2) is 22.5 Å². The van der Waals surface area contributed by atoms with Crippen LogP contribution in [0.15, 0.2) is 18.2 Å². The largest absolute Gasteiger partial charge is 0.478 e. The van der Waals surface area contributed by atoms with E-state index in [-0.39, 0.29) is 16.9 Å². The van der Waals surface area contributed by atoms with Crippen molar-refractivity contribution in [3.63, 3.8) is 0 Å². The number of benzene rings is 1. The molecule has 2 N–H and O–H groups in total. The molecule has 0 atom stereocenters. The minimum atomic E-state index is -1.13. The first-order valence-corrected chi connectivity index (χ1v) is 5.25. The molecule has 0 aliphatic rings. The van der Waals surface area contributed by atoms with Crippen LogP contribution in [0.1, 0.15) is 23.2 Å². The Kier molecular flexibility index (Phi) is 4.69. The van der Waals surface area contributed by atoms with E-state index < -0.39 is 10.9 Å². The topological polar surface area (TPSA) is 92.5 Å². The molecule has 6 nitrogen and oxygen atoms in total. The van der Waals surface area contributed by atoms with Crippen LogP contribution in [0.5, 0.6) is 0 Å². The van der Waals surface area contributed by atoms with Crippen molar-refractivity contribution in [1.82, 2.24) is 0 Å². The smallest absolute Gasteiger partial charge is 0.337 e. The van der Waals surface area contributed by atoms with Gasteiger partial charge in [0.2, 0.25) is 0 Å². The number of nitro benzene ring substituents is 1. The number of nitrogens with one attached hydrogen (secondary N) is 1. The van der Waals surface area contributed by atoms with E-state index in [1.165, 1.54) is 12.1 Å². The first kappa shape index (κ1) is 13.5. The van der Waals surface area contributed by atoms with Crippen LogP contribution in [0.4, 0.5) is 11.4 Å². The molecule has 0 radical (unpaired) electrons. The Morgan fingerprint density at radius 1 is 1.56 bits per heavy atom. The Morgan fingerprint density at radius 3 is 2.83 bits per heavy atom. The van der Waals surface area contributed by atoms with Gasteiger partial charge in [-0.2, -0.15) is 0 Å². The highest BCUT2D eigenvalue weighted by atomic mass is 16.6. The van der Waals surface area contributed by atoms with Crippen LogP contribution in [-0.2, 0) is 0 Å². The molecular formula is C12H12N2O4. The molecule has 94 valence electrons. The number of anilines is 1. The molecule has 0 unspecified atom stereocenters. The van der Waals surface area contributed by atoms with Gasteiger partial charge in [-0.1, -0.05) is 0 Å². The van der Waals surface area contributed by atoms with Gasteiger partial charge in [0, 0.05) is 25.1 Å². The van der Waals surface area contributed by atoms with Gasteiger partial charge in [0.05, 0.1) is 16.2 Å². The zero-order chi connectivity index (χ0) is 13.5. The zero-order valence-electron chi connectivity index (χ0n) is 9.55. The summed E-state index contributed by atoms with van der Waals surface area (Å²) < 4.78 is 0. The van der Waals surface area contributed by atoms with Crippen LogP contribution in [0.25, 0.3) is 0 Å². The van der Waals surface area contributed by atoms with E-state index in [1.54, 1.807) is 0 Å². The predicted octanol–water partition coefficient (Wildman–Crippen LogP) is 2.12. The summed E-state index contributed by atoms with van der Waals surface area (Å²) in [6, 6.07) is 3.58. The van der Waals surface area contributed by atoms with Crippen LogP contribution in [0.3, 0.4) is 0 Å². The molecule has 0 aliphatic carbocycles. The number of nitro groups is 1. The zero-order valence-corrected chi connectivity index (χ0v) is 9.55. The first-order chi connectivity index (χ1) is 8.56. The van der Waals surface area contributed by atoms with Crippen LogP contribution in [0.2, 0.25) is 0 Å². The van der Waals surface area contributed by atoms with E-state index >= 15 is 0 Å². The molecule has 18 heavy (non-hydrogen) atoms. The molecule has 6 heteroatoms. The Bertz CT molecular complexity index is 505. The lowest BCUT2D eigenvalue weighted by atomic mass is 10.1. The maximum atomic E-state index is 10.9. The molecule has 0 spiro atoms. The van der Waals surface area contributed by atoms with Gasteiger partial charge >= 0.3 is 5.97 Å². The second kappa shape index (κ2) is 6.25. The van der Waals surface area contributed by atoms with E-state index in [0.717, 1.165) is 6.07 Å². The summed E-state index contributed by atoms with van der Waals surface area (Å²) in [4.78, 5) is 21.0. The van der Waals surface area contributed by atoms with Gasteiger partial charge in [0.1, 0.15) is 0 Å². The lowest BCUT2D eigenvalue weighted by molar-refractivity contribution is -0.384. The summed E-state index contributed by atoms with van der Waals surface area (Å²) >= 11 is 0. The third-order valence-electron chi connectivity index (χ3n) is 2.26. The minimum absolute atomic E-state index is 0.00121. The average Bonchev–Trinajstić information content (AvgIpc) is 2.34. The Morgan fingerprint density at radius 2 is 2.28 bits per heavy atom. The van der Waals surface area contributed by atoms with Crippen molar-refractivity contribution in [2.75, 3.05) is 11.9 Å². The number of aromatic carboxylic acids is 1. The Labute approximate surface area is 104 Å². The van der Waals surface area contributed by atoms with Crippen molar-refractivity contribution in [2.24, 2.45) is 0 Å². The molecule has 0 saturated heterocycles. The Hall–Kier alpha value is -2.55. The van der Waals surface area contributed by atoms with E-state index in [0.29, 0.717) is 19.4 Å². The molecule has 0 bridgehead atoms. The normalized spacial score (nSPS) is 9.50. The van der Waals surface area contributed by atoms with Crippen molar-refractivity contribution < 1.29 is 14.8 Å². The SMILES string of the molecule is C#CCCCNc1cc([N+](=O)[O-])ccc1C(=O)O. The fourth-order valence-corrected chi connectivity index (χ4v) is 1.39. The second-order valence-corrected chi connectivity index (χ2v) is 3.53. The number of carboxylic acid groups (broad SMARTS) is 1. The maximum Gasteiger partial charge on any atom is 0.337 e. The molecule has 0 heterocycles. The van der Waals surface area contributed by atoms with Gasteiger partial charge in [0.15, 0.2) is 0 Å². The second-order valence-electron chi connectivity index (χ2n) is 3.53. The van der Waals surface area contributed by atoms with Crippen LogP contribution in [0, 0.1) is 22.5 Å². The molecule has 0 saturated carbocycles. The fraction of sp³-hybridized carbons (Fsp3) is 0.250. The molecule has 1 rings (SSSR count). The number of nitrogens with zero attached hydrogens (tertiary/aromatic N) is 1. The van der Waals surface area contributed by atoms with Crippen LogP contribution >= 0.6 is 0 Å². The van der Waals surface area contributed by atoms with Crippen molar-refractivity contribution >= 4 is 17.3 Å². The minimum Gasteiger partial charge on any atom is -0.478 e. The Balaban J connectivity index is 2.90. The number of hydrogen-bond acceptors (Lipinski definition) is 4. The third kappa shape index (κ3) is 3.49. The number of non-ortho nitro benzene ring substituents is 1. The number of unbranched alkanes of at least 4 members (excludes halogenated alkanes) is 1. The van der Waals surface area contributed by atoms with Gasteiger partial charge in [0.25, 0.3) is 5.69 Å². The van der Waals surface area contributed by atoms with Crippen molar-refractivity contribution in [3.05, 3.63) is 33.9 Å². The number of hydrogen-bond donors (Lipinski definition) is 2. The fourth-order valence-electron chi connectivity index (χ4n) is 1.39. The molecule has 0 aliphatic heterocycles. The number of carboxylic acids is 1. The quantitative estimate of drug-likeness (QED) is 0.348. The van der Waals surface area contributed by atoms with Crippen molar-refractivity contribution in [1.29, 1.82) is 0 Å². The molecule has 1 aromatic rings. The predicted molar refractivity (Wildman–Crippen MR) is 66.6 cm³/mol. The van der Waals surface area contributed by atoms with E-state index in [4.69, 9.17) is 11.5 Å². The van der Waals surface area contributed by atoms with Gasteiger partial charge in [-0.25, -0.2) is 4.79 Å². The summed E-state index contributed by atoms with van der Waals surface area (Å²) in [6.07, 6.45) is 6.31. The van der Waals surface area contributed by atoms with Gasteiger partial charge < -0.3 is 10.4 Å². The number of carbonyl (C=O) groups is 1. The average molecular weight is 248 g/mol. The molecule has 0 fully saturated rings.